The van der Waals surface area contributed by atoms with E-state index in [0.29, 0.717) is 29.5 Å². The first kappa shape index (κ1) is 23.6. The lowest BCUT2D eigenvalue weighted by atomic mass is 9.58. The third-order valence-corrected chi connectivity index (χ3v) is 10.1. The highest BCUT2D eigenvalue weighted by atomic mass is 16.5. The van der Waals surface area contributed by atoms with Crippen molar-refractivity contribution >= 4 is 24.1 Å². The Balaban J connectivity index is 0.000000411. The molecule has 5 fully saturated rings. The van der Waals surface area contributed by atoms with E-state index < -0.39 is 0 Å². The molecule has 5 rings (SSSR count). The SMILES string of the molecule is COC(=O)C1C(C)C2CC1C1(CCC3(CC4CC3C(C)C4C)C1=O)C2.O=C=O.O=C=O. The van der Waals surface area contributed by atoms with Crippen LogP contribution < -0.4 is 0 Å². The molecule has 2 spiro atoms. The van der Waals surface area contributed by atoms with Crippen LogP contribution in [0.25, 0.3) is 0 Å². The molecular weight excluding hydrogens is 400 g/mol. The van der Waals surface area contributed by atoms with E-state index in [2.05, 4.69) is 20.8 Å². The van der Waals surface area contributed by atoms with Crippen molar-refractivity contribution in [1.29, 1.82) is 0 Å². The summed E-state index contributed by atoms with van der Waals surface area (Å²) in [6, 6.07) is 0. The van der Waals surface area contributed by atoms with Gasteiger partial charge in [0.2, 0.25) is 0 Å². The van der Waals surface area contributed by atoms with Crippen molar-refractivity contribution < 1.29 is 33.5 Å². The molecule has 5 saturated carbocycles. The van der Waals surface area contributed by atoms with Crippen LogP contribution in [0, 0.1) is 58.2 Å². The number of methoxy groups -OCH3 is 1. The molecule has 5 aliphatic carbocycles. The zero-order chi connectivity index (χ0) is 23.1. The number of rotatable bonds is 1. The number of esters is 1. The number of fused-ring (bicyclic) bond motifs is 6. The highest BCUT2D eigenvalue weighted by molar-refractivity contribution is 5.95. The summed E-state index contributed by atoms with van der Waals surface area (Å²) in [5.41, 5.74) is -0.228. The van der Waals surface area contributed by atoms with Gasteiger partial charge in [-0.15, -0.1) is 0 Å². The first-order valence-corrected chi connectivity index (χ1v) is 11.3. The first-order chi connectivity index (χ1) is 14.7. The molecule has 10 atom stereocenters. The van der Waals surface area contributed by atoms with E-state index in [1.807, 2.05) is 0 Å². The zero-order valence-electron chi connectivity index (χ0n) is 18.7. The van der Waals surface area contributed by atoms with E-state index in [1.54, 1.807) is 0 Å². The van der Waals surface area contributed by atoms with E-state index in [4.69, 9.17) is 23.9 Å². The topological polar surface area (TPSA) is 112 Å². The third kappa shape index (κ3) is 3.16. The minimum Gasteiger partial charge on any atom is -0.469 e. The van der Waals surface area contributed by atoms with Crippen molar-refractivity contribution in [3.05, 3.63) is 0 Å². The predicted octanol–water partition coefficient (Wildman–Crippen LogP) is 2.93. The summed E-state index contributed by atoms with van der Waals surface area (Å²) in [5, 5.41) is 0. The summed E-state index contributed by atoms with van der Waals surface area (Å²) < 4.78 is 5.14. The van der Waals surface area contributed by atoms with Gasteiger partial charge >= 0.3 is 18.3 Å². The van der Waals surface area contributed by atoms with E-state index in [0.717, 1.165) is 43.9 Å². The molecule has 10 unspecified atom stereocenters. The molecule has 0 aromatic heterocycles. The minimum absolute atomic E-state index is 0.0367. The van der Waals surface area contributed by atoms with Crippen molar-refractivity contribution in [2.75, 3.05) is 7.11 Å². The van der Waals surface area contributed by atoms with Gasteiger partial charge in [-0.05, 0) is 80.0 Å². The molecule has 170 valence electrons. The highest BCUT2D eigenvalue weighted by Gasteiger charge is 2.73. The molecule has 0 aromatic carbocycles. The summed E-state index contributed by atoms with van der Waals surface area (Å²) in [5.74, 6) is 4.48. The number of hydrogen-bond donors (Lipinski definition) is 0. The van der Waals surface area contributed by atoms with Gasteiger partial charge < -0.3 is 4.74 Å². The molecule has 4 bridgehead atoms. The Morgan fingerprint density at radius 1 is 0.839 bits per heavy atom. The van der Waals surface area contributed by atoms with Crippen molar-refractivity contribution in [2.45, 2.75) is 59.3 Å². The zero-order valence-corrected chi connectivity index (χ0v) is 18.7. The van der Waals surface area contributed by atoms with E-state index in [1.165, 1.54) is 13.5 Å². The van der Waals surface area contributed by atoms with Crippen LogP contribution in [0.1, 0.15) is 59.3 Å². The predicted molar refractivity (Wildman–Crippen MR) is 105 cm³/mol. The van der Waals surface area contributed by atoms with Gasteiger partial charge in [0.25, 0.3) is 0 Å². The molecule has 0 amide bonds. The Hall–Kier alpha value is -2.10. The van der Waals surface area contributed by atoms with Gasteiger partial charge in [-0.3, -0.25) is 9.59 Å². The normalized spacial score (nSPS) is 47.9. The lowest BCUT2D eigenvalue weighted by molar-refractivity contribution is -0.193. The average molecular weight is 433 g/mol. The Bertz CT molecular complexity index is 795. The second kappa shape index (κ2) is 8.44. The Labute approximate surface area is 182 Å². The summed E-state index contributed by atoms with van der Waals surface area (Å²) >= 11 is 0. The summed E-state index contributed by atoms with van der Waals surface area (Å²) in [6.07, 6.45) is 7.17. The summed E-state index contributed by atoms with van der Waals surface area (Å²) in [6.45, 7) is 6.98. The van der Waals surface area contributed by atoms with Gasteiger partial charge in [0.1, 0.15) is 5.78 Å². The molecule has 7 nitrogen and oxygen atoms in total. The number of carbonyl (C=O) groups excluding carboxylic acids is 6. The van der Waals surface area contributed by atoms with Gasteiger partial charge in [-0.1, -0.05) is 20.8 Å². The fraction of sp³-hybridized carbons (Fsp3) is 0.833. The number of ether oxygens (including phenoxy) is 1. The van der Waals surface area contributed by atoms with Crippen molar-refractivity contribution in [3.63, 3.8) is 0 Å². The molecule has 31 heavy (non-hydrogen) atoms. The van der Waals surface area contributed by atoms with Crippen LogP contribution in [0.5, 0.6) is 0 Å². The quantitative estimate of drug-likeness (QED) is 0.586. The fourth-order valence-corrected chi connectivity index (χ4v) is 8.75. The molecule has 0 heterocycles. The van der Waals surface area contributed by atoms with Crippen LogP contribution in [-0.4, -0.2) is 31.2 Å². The van der Waals surface area contributed by atoms with Crippen molar-refractivity contribution in [2.24, 2.45) is 58.2 Å². The van der Waals surface area contributed by atoms with Crippen LogP contribution in [0.3, 0.4) is 0 Å². The van der Waals surface area contributed by atoms with Gasteiger partial charge in [-0.25, -0.2) is 0 Å². The molecule has 0 aliphatic heterocycles. The Morgan fingerprint density at radius 2 is 1.29 bits per heavy atom. The number of hydrogen-bond acceptors (Lipinski definition) is 7. The second-order valence-corrected chi connectivity index (χ2v) is 10.5. The molecule has 0 saturated heterocycles. The third-order valence-electron chi connectivity index (χ3n) is 10.1. The lowest BCUT2D eigenvalue weighted by Gasteiger charge is -2.43. The lowest BCUT2D eigenvalue weighted by Crippen LogP contribution is -2.48. The van der Waals surface area contributed by atoms with Crippen molar-refractivity contribution in [1.82, 2.24) is 0 Å². The van der Waals surface area contributed by atoms with E-state index in [9.17, 15) is 9.59 Å². The number of carbonyl (C=O) groups is 2. The van der Waals surface area contributed by atoms with Crippen LogP contribution >= 0.6 is 0 Å². The van der Waals surface area contributed by atoms with E-state index in [-0.39, 0.29) is 40.9 Å². The maximum Gasteiger partial charge on any atom is 0.373 e. The number of ketones is 1. The number of Topliss-reactive ketones (excluding diaryl/α,β-unsaturated/α-hetero) is 1. The fourth-order valence-electron chi connectivity index (χ4n) is 8.75. The Morgan fingerprint density at radius 3 is 1.71 bits per heavy atom. The van der Waals surface area contributed by atoms with Crippen LogP contribution in [0.2, 0.25) is 0 Å². The van der Waals surface area contributed by atoms with Gasteiger partial charge in [0.05, 0.1) is 13.0 Å². The summed E-state index contributed by atoms with van der Waals surface area (Å²) in [4.78, 5) is 59.0. The molecular formula is C24H32O7. The minimum atomic E-state index is -0.191. The Kier molecular flexibility index (Phi) is 6.42. The van der Waals surface area contributed by atoms with Crippen LogP contribution in [0.4, 0.5) is 0 Å². The van der Waals surface area contributed by atoms with Crippen molar-refractivity contribution in [3.8, 4) is 0 Å². The second-order valence-electron chi connectivity index (χ2n) is 10.5. The maximum absolute atomic E-state index is 14.0. The molecule has 5 aliphatic rings. The molecule has 0 radical (unpaired) electrons. The van der Waals surface area contributed by atoms with Crippen LogP contribution in [0.15, 0.2) is 0 Å². The molecule has 7 heteroatoms. The van der Waals surface area contributed by atoms with Gasteiger partial charge in [-0.2, -0.15) is 19.2 Å². The van der Waals surface area contributed by atoms with E-state index >= 15 is 0 Å². The van der Waals surface area contributed by atoms with Gasteiger partial charge in [0, 0.05) is 10.8 Å². The maximum atomic E-state index is 14.0. The standard InChI is InChI=1S/C22H32O3.2CO2/c1-11-12(2)16-7-14(11)9-21(16)5-6-22(20(21)24)10-15-8-17(22)18(13(15)3)19(23)25-4;2*2-1-3/h11-18H,5-10H2,1-4H3;;. The first-order valence-electron chi connectivity index (χ1n) is 11.3. The highest BCUT2D eigenvalue weighted by Crippen LogP contribution is 2.74. The average Bonchev–Trinajstić information content (AvgIpc) is 3.51. The monoisotopic (exact) mass is 432 g/mol. The smallest absolute Gasteiger partial charge is 0.373 e. The molecule has 0 aromatic rings. The summed E-state index contributed by atoms with van der Waals surface area (Å²) in [7, 11) is 1.50. The van der Waals surface area contributed by atoms with Crippen LogP contribution in [-0.2, 0) is 33.5 Å². The van der Waals surface area contributed by atoms with Gasteiger partial charge in [0.15, 0.2) is 0 Å². The largest absolute Gasteiger partial charge is 0.469 e. The molecule has 0 N–H and O–H groups in total.